The number of pyridine rings is 2. The molecule has 2 aromatic heterocycles. The van der Waals surface area contributed by atoms with Gasteiger partial charge in [-0.1, -0.05) is 25.3 Å². The van der Waals surface area contributed by atoms with Gasteiger partial charge in [-0.3, -0.25) is 9.97 Å². The predicted octanol–water partition coefficient (Wildman–Crippen LogP) is 3.76. The quantitative estimate of drug-likeness (QED) is 0.776. The molecule has 2 aromatic rings. The third kappa shape index (κ3) is 4.89. The van der Waals surface area contributed by atoms with Gasteiger partial charge in [0.15, 0.2) is 0 Å². The van der Waals surface area contributed by atoms with Crippen LogP contribution in [0, 0.1) is 6.92 Å². The highest BCUT2D eigenvalue weighted by Crippen LogP contribution is 1.98. The summed E-state index contributed by atoms with van der Waals surface area (Å²) in [6.07, 6.45) is 7.04. The van der Waals surface area contributed by atoms with Gasteiger partial charge in [-0.05, 0) is 42.8 Å². The van der Waals surface area contributed by atoms with Crippen molar-refractivity contribution < 1.29 is 0 Å². The summed E-state index contributed by atoms with van der Waals surface area (Å²) in [5.41, 5.74) is 3.04. The van der Waals surface area contributed by atoms with E-state index in [0.29, 0.717) is 0 Å². The van der Waals surface area contributed by atoms with E-state index in [1.165, 1.54) is 5.56 Å². The first-order valence-electron chi connectivity index (χ1n) is 5.35. The molecule has 2 heterocycles. The average Bonchev–Trinajstić information content (AvgIpc) is 2.41. The minimum Gasteiger partial charge on any atom is -0.257 e. The van der Waals surface area contributed by atoms with Crippen LogP contribution < -0.4 is 0 Å². The molecule has 17 heavy (non-hydrogen) atoms. The Kier molecular flexibility index (Phi) is 5.38. The van der Waals surface area contributed by atoms with E-state index in [2.05, 4.69) is 23.1 Å². The van der Waals surface area contributed by atoms with Crippen molar-refractivity contribution >= 4 is 12.2 Å². The number of aryl methyl sites for hydroxylation is 1. The summed E-state index contributed by atoms with van der Waals surface area (Å²) in [4.78, 5) is 8.06. The molecule has 0 N–H and O–H groups in total. The molecular formula is C15H16N2. The molecule has 0 aromatic carbocycles. The molecule has 0 radical (unpaired) electrons. The molecule has 0 aliphatic rings. The van der Waals surface area contributed by atoms with E-state index in [0.717, 1.165) is 11.4 Å². The summed E-state index contributed by atoms with van der Waals surface area (Å²) in [5, 5.41) is 0. The van der Waals surface area contributed by atoms with Crippen LogP contribution in [0.15, 0.2) is 55.9 Å². The molecule has 0 atom stereocenters. The van der Waals surface area contributed by atoms with E-state index in [1.807, 2.05) is 43.5 Å². The first-order valence-corrected chi connectivity index (χ1v) is 5.35. The molecule has 2 rings (SSSR count). The number of aromatic nitrogens is 2. The monoisotopic (exact) mass is 224 g/mol. The van der Waals surface area contributed by atoms with Gasteiger partial charge >= 0.3 is 0 Å². The normalized spacial score (nSPS) is 8.76. The van der Waals surface area contributed by atoms with Gasteiger partial charge in [0.25, 0.3) is 0 Å². The van der Waals surface area contributed by atoms with Crippen molar-refractivity contribution in [2.45, 2.75) is 6.92 Å². The lowest BCUT2D eigenvalue weighted by Gasteiger charge is -1.90. The molecule has 0 amide bonds. The second-order valence-corrected chi connectivity index (χ2v) is 3.42. The Morgan fingerprint density at radius 3 is 2.06 bits per heavy atom. The highest BCUT2D eigenvalue weighted by Gasteiger charge is 1.83. The Morgan fingerprint density at radius 1 is 0.941 bits per heavy atom. The van der Waals surface area contributed by atoms with Crippen LogP contribution in [0.25, 0.3) is 12.2 Å². The fraction of sp³-hybridized carbons (Fsp3) is 0.0667. The SMILES string of the molecule is C=Cc1ccc(C)cn1.C=Cc1ccccn1. The zero-order valence-corrected chi connectivity index (χ0v) is 10.0. The van der Waals surface area contributed by atoms with Crippen molar-refractivity contribution in [2.24, 2.45) is 0 Å². The Balaban J connectivity index is 0.000000171. The second kappa shape index (κ2) is 7.12. The summed E-state index contributed by atoms with van der Waals surface area (Å²) in [6, 6.07) is 9.69. The molecule has 0 aliphatic heterocycles. The van der Waals surface area contributed by atoms with Gasteiger partial charge in [0.2, 0.25) is 0 Å². The largest absolute Gasteiger partial charge is 0.257 e. The fourth-order valence-corrected chi connectivity index (χ4v) is 1.10. The third-order valence-corrected chi connectivity index (χ3v) is 2.04. The zero-order valence-electron chi connectivity index (χ0n) is 10.0. The van der Waals surface area contributed by atoms with E-state index in [9.17, 15) is 0 Å². The Bertz CT molecular complexity index is 458. The Hall–Kier alpha value is -2.22. The third-order valence-electron chi connectivity index (χ3n) is 2.04. The minimum absolute atomic E-state index is 0.924. The summed E-state index contributed by atoms with van der Waals surface area (Å²) in [5.74, 6) is 0. The standard InChI is InChI=1S/C8H9N.C7H7N/c1-3-8-5-4-7(2)6-9-8;1-2-7-5-3-4-6-8-7/h3-6H,1H2,2H3;2-6H,1H2. The summed E-state index contributed by atoms with van der Waals surface area (Å²) >= 11 is 0. The van der Waals surface area contributed by atoms with Crippen LogP contribution in [0.4, 0.5) is 0 Å². The first kappa shape index (κ1) is 12.8. The van der Waals surface area contributed by atoms with Crippen LogP contribution in [0.1, 0.15) is 17.0 Å². The molecule has 2 nitrogen and oxygen atoms in total. The molecular weight excluding hydrogens is 208 g/mol. The average molecular weight is 224 g/mol. The number of hydrogen-bond donors (Lipinski definition) is 0. The maximum atomic E-state index is 4.08. The van der Waals surface area contributed by atoms with Gasteiger partial charge in [0, 0.05) is 12.4 Å². The van der Waals surface area contributed by atoms with Crippen LogP contribution in [-0.4, -0.2) is 9.97 Å². The maximum absolute atomic E-state index is 4.08. The molecule has 86 valence electrons. The number of rotatable bonds is 2. The van der Waals surface area contributed by atoms with E-state index < -0.39 is 0 Å². The Labute approximate surface area is 102 Å². The molecule has 0 saturated carbocycles. The van der Waals surface area contributed by atoms with Crippen LogP contribution >= 0.6 is 0 Å². The number of nitrogens with zero attached hydrogens (tertiary/aromatic N) is 2. The van der Waals surface area contributed by atoms with Crippen molar-refractivity contribution in [3.05, 3.63) is 72.8 Å². The maximum Gasteiger partial charge on any atom is 0.0623 e. The van der Waals surface area contributed by atoms with Crippen molar-refractivity contribution in [1.29, 1.82) is 0 Å². The van der Waals surface area contributed by atoms with Crippen molar-refractivity contribution in [3.63, 3.8) is 0 Å². The lowest BCUT2D eigenvalue weighted by molar-refractivity contribution is 1.25. The molecule has 0 bridgehead atoms. The lowest BCUT2D eigenvalue weighted by atomic mass is 10.3. The smallest absolute Gasteiger partial charge is 0.0623 e. The topological polar surface area (TPSA) is 25.8 Å². The van der Waals surface area contributed by atoms with E-state index >= 15 is 0 Å². The van der Waals surface area contributed by atoms with Gasteiger partial charge in [-0.15, -0.1) is 0 Å². The van der Waals surface area contributed by atoms with Crippen molar-refractivity contribution in [3.8, 4) is 0 Å². The first-order chi connectivity index (χ1) is 8.26. The van der Waals surface area contributed by atoms with Crippen LogP contribution in [0.2, 0.25) is 0 Å². The molecule has 0 fully saturated rings. The van der Waals surface area contributed by atoms with Crippen molar-refractivity contribution in [2.75, 3.05) is 0 Å². The second-order valence-electron chi connectivity index (χ2n) is 3.42. The molecule has 0 aliphatic carbocycles. The summed E-state index contributed by atoms with van der Waals surface area (Å²) < 4.78 is 0. The van der Waals surface area contributed by atoms with Crippen LogP contribution in [-0.2, 0) is 0 Å². The van der Waals surface area contributed by atoms with Gasteiger partial charge in [0.05, 0.1) is 11.4 Å². The molecule has 0 spiro atoms. The minimum atomic E-state index is 0.924. The van der Waals surface area contributed by atoms with Crippen LogP contribution in [0.3, 0.4) is 0 Å². The number of hydrogen-bond acceptors (Lipinski definition) is 2. The predicted molar refractivity (Wildman–Crippen MR) is 73.4 cm³/mol. The molecule has 0 unspecified atom stereocenters. The van der Waals surface area contributed by atoms with Gasteiger partial charge in [-0.2, -0.15) is 0 Å². The zero-order chi connectivity index (χ0) is 12.5. The molecule has 2 heteroatoms. The van der Waals surface area contributed by atoms with Gasteiger partial charge < -0.3 is 0 Å². The van der Waals surface area contributed by atoms with Crippen molar-refractivity contribution in [1.82, 2.24) is 9.97 Å². The fourth-order valence-electron chi connectivity index (χ4n) is 1.10. The van der Waals surface area contributed by atoms with E-state index in [4.69, 9.17) is 0 Å². The highest BCUT2D eigenvalue weighted by atomic mass is 14.7. The highest BCUT2D eigenvalue weighted by molar-refractivity contribution is 5.41. The van der Waals surface area contributed by atoms with Gasteiger partial charge in [-0.25, -0.2) is 0 Å². The van der Waals surface area contributed by atoms with E-state index in [-0.39, 0.29) is 0 Å². The summed E-state index contributed by atoms with van der Waals surface area (Å²) in [6.45, 7) is 9.18. The van der Waals surface area contributed by atoms with E-state index in [1.54, 1.807) is 18.3 Å². The lowest BCUT2D eigenvalue weighted by Crippen LogP contribution is -1.78. The van der Waals surface area contributed by atoms with Gasteiger partial charge in [0.1, 0.15) is 0 Å². The summed E-state index contributed by atoms with van der Waals surface area (Å²) in [7, 11) is 0. The van der Waals surface area contributed by atoms with Crippen LogP contribution in [0.5, 0.6) is 0 Å². The molecule has 0 saturated heterocycles. The Morgan fingerprint density at radius 2 is 1.65 bits per heavy atom.